The van der Waals surface area contributed by atoms with E-state index in [0.717, 1.165) is 24.8 Å². The molecule has 0 aliphatic heterocycles. The number of carbonyl (C=O) groups is 1. The lowest BCUT2D eigenvalue weighted by Crippen LogP contribution is -2.36. The molecule has 21 heavy (non-hydrogen) atoms. The minimum Gasteiger partial charge on any atom is -0.347 e. The summed E-state index contributed by atoms with van der Waals surface area (Å²) in [5.41, 5.74) is 2.09. The van der Waals surface area contributed by atoms with Gasteiger partial charge in [0.25, 0.3) is 5.91 Å². The van der Waals surface area contributed by atoms with Gasteiger partial charge in [0.05, 0.1) is 0 Å². The molecule has 1 aliphatic rings. The SMILES string of the molecule is CC1(NC(=O)c2ccccc2)CC1CCc1ccccc1. The van der Waals surface area contributed by atoms with Gasteiger partial charge >= 0.3 is 0 Å². The Labute approximate surface area is 126 Å². The first-order chi connectivity index (χ1) is 10.2. The highest BCUT2D eigenvalue weighted by Crippen LogP contribution is 2.46. The van der Waals surface area contributed by atoms with Crippen molar-refractivity contribution in [3.05, 3.63) is 71.8 Å². The number of amides is 1. The van der Waals surface area contributed by atoms with Crippen molar-refractivity contribution in [2.75, 3.05) is 0 Å². The molecule has 1 fully saturated rings. The molecule has 108 valence electrons. The summed E-state index contributed by atoms with van der Waals surface area (Å²) in [4.78, 5) is 12.2. The second kappa shape index (κ2) is 5.72. The number of hydrogen-bond donors (Lipinski definition) is 1. The topological polar surface area (TPSA) is 29.1 Å². The maximum atomic E-state index is 12.2. The molecule has 0 heterocycles. The minimum atomic E-state index is -0.0261. The Morgan fingerprint density at radius 2 is 1.71 bits per heavy atom. The molecule has 2 atom stereocenters. The van der Waals surface area contributed by atoms with E-state index in [1.807, 2.05) is 36.4 Å². The van der Waals surface area contributed by atoms with E-state index in [4.69, 9.17) is 0 Å². The fraction of sp³-hybridized carbons (Fsp3) is 0.316. The summed E-state index contributed by atoms with van der Waals surface area (Å²) in [6, 6.07) is 20.0. The van der Waals surface area contributed by atoms with Crippen LogP contribution >= 0.6 is 0 Å². The molecule has 0 spiro atoms. The lowest BCUT2D eigenvalue weighted by atomic mass is 10.1. The molecule has 2 heteroatoms. The van der Waals surface area contributed by atoms with Crippen molar-refractivity contribution < 1.29 is 4.79 Å². The van der Waals surface area contributed by atoms with Crippen molar-refractivity contribution in [1.82, 2.24) is 5.32 Å². The van der Waals surface area contributed by atoms with Gasteiger partial charge in [-0.3, -0.25) is 4.79 Å². The molecule has 1 saturated carbocycles. The van der Waals surface area contributed by atoms with Crippen LogP contribution in [0, 0.1) is 5.92 Å². The molecule has 0 aromatic heterocycles. The smallest absolute Gasteiger partial charge is 0.251 e. The van der Waals surface area contributed by atoms with E-state index in [1.165, 1.54) is 5.56 Å². The van der Waals surface area contributed by atoms with Crippen LogP contribution in [-0.2, 0) is 6.42 Å². The molecule has 1 N–H and O–H groups in total. The van der Waals surface area contributed by atoms with Crippen molar-refractivity contribution >= 4 is 5.91 Å². The van der Waals surface area contributed by atoms with E-state index < -0.39 is 0 Å². The first-order valence-corrected chi connectivity index (χ1v) is 7.59. The monoisotopic (exact) mass is 279 g/mol. The van der Waals surface area contributed by atoms with Crippen LogP contribution < -0.4 is 5.32 Å². The number of aryl methyl sites for hydroxylation is 1. The Morgan fingerprint density at radius 1 is 1.10 bits per heavy atom. The molecular weight excluding hydrogens is 258 g/mol. The zero-order chi connectivity index (χ0) is 14.7. The lowest BCUT2D eigenvalue weighted by Gasteiger charge is -2.14. The van der Waals surface area contributed by atoms with Gasteiger partial charge in [0.15, 0.2) is 0 Å². The molecule has 1 amide bonds. The zero-order valence-corrected chi connectivity index (χ0v) is 12.4. The van der Waals surface area contributed by atoms with Gasteiger partial charge in [0.2, 0.25) is 0 Å². The first kappa shape index (κ1) is 13.9. The second-order valence-electron chi connectivity index (χ2n) is 6.16. The summed E-state index contributed by atoms with van der Waals surface area (Å²) in [5.74, 6) is 0.630. The Hall–Kier alpha value is -2.09. The van der Waals surface area contributed by atoms with Gasteiger partial charge in [-0.2, -0.15) is 0 Å². The predicted octanol–water partition coefficient (Wildman–Crippen LogP) is 3.83. The van der Waals surface area contributed by atoms with Gasteiger partial charge in [0.1, 0.15) is 0 Å². The van der Waals surface area contributed by atoms with Gasteiger partial charge in [-0.05, 0) is 49.8 Å². The summed E-state index contributed by atoms with van der Waals surface area (Å²) in [6.07, 6.45) is 3.30. The van der Waals surface area contributed by atoms with Crippen LogP contribution in [-0.4, -0.2) is 11.4 Å². The third-order valence-electron chi connectivity index (χ3n) is 4.47. The number of carbonyl (C=O) groups excluding carboxylic acids is 1. The van der Waals surface area contributed by atoms with Crippen molar-refractivity contribution in [1.29, 1.82) is 0 Å². The minimum absolute atomic E-state index is 0.0261. The molecular formula is C19H21NO. The molecule has 2 aromatic carbocycles. The molecule has 2 unspecified atom stereocenters. The Bertz CT molecular complexity index is 608. The van der Waals surface area contributed by atoms with Crippen LogP contribution in [0.15, 0.2) is 60.7 Å². The van der Waals surface area contributed by atoms with Gasteiger partial charge in [-0.1, -0.05) is 48.5 Å². The van der Waals surface area contributed by atoms with E-state index in [2.05, 4.69) is 36.5 Å². The van der Waals surface area contributed by atoms with Gasteiger partial charge in [0, 0.05) is 11.1 Å². The number of hydrogen-bond acceptors (Lipinski definition) is 1. The van der Waals surface area contributed by atoms with Crippen LogP contribution in [0.2, 0.25) is 0 Å². The van der Waals surface area contributed by atoms with E-state index >= 15 is 0 Å². The summed E-state index contributed by atoms with van der Waals surface area (Å²) < 4.78 is 0. The van der Waals surface area contributed by atoms with E-state index in [1.54, 1.807) is 0 Å². The standard InChI is InChI=1S/C19H21NO/c1-19(20-18(21)16-10-6-3-7-11-16)14-17(19)13-12-15-8-4-2-5-9-15/h2-11,17H,12-14H2,1H3,(H,20,21). The van der Waals surface area contributed by atoms with Crippen LogP contribution in [0.5, 0.6) is 0 Å². The highest BCUT2D eigenvalue weighted by Gasteiger charge is 2.50. The van der Waals surface area contributed by atoms with Crippen molar-refractivity contribution in [3.63, 3.8) is 0 Å². The fourth-order valence-electron chi connectivity index (χ4n) is 2.93. The molecule has 1 aliphatic carbocycles. The Kier molecular flexibility index (Phi) is 3.78. The van der Waals surface area contributed by atoms with Crippen LogP contribution in [0.3, 0.4) is 0 Å². The van der Waals surface area contributed by atoms with Crippen LogP contribution in [0.1, 0.15) is 35.7 Å². The molecule has 0 bridgehead atoms. The van der Waals surface area contributed by atoms with Gasteiger partial charge in [-0.15, -0.1) is 0 Å². The number of benzene rings is 2. The number of rotatable bonds is 5. The quantitative estimate of drug-likeness (QED) is 0.885. The average Bonchev–Trinajstić information content (AvgIpc) is 3.17. The highest BCUT2D eigenvalue weighted by molar-refractivity contribution is 5.94. The van der Waals surface area contributed by atoms with E-state index in [-0.39, 0.29) is 11.4 Å². The number of nitrogens with one attached hydrogen (secondary N) is 1. The third-order valence-corrected chi connectivity index (χ3v) is 4.47. The molecule has 0 radical (unpaired) electrons. The first-order valence-electron chi connectivity index (χ1n) is 7.59. The molecule has 0 saturated heterocycles. The maximum Gasteiger partial charge on any atom is 0.251 e. The lowest BCUT2D eigenvalue weighted by molar-refractivity contribution is 0.0931. The maximum absolute atomic E-state index is 12.2. The van der Waals surface area contributed by atoms with Gasteiger partial charge < -0.3 is 5.32 Å². The second-order valence-corrected chi connectivity index (χ2v) is 6.16. The summed E-state index contributed by atoms with van der Waals surface area (Å²) in [7, 11) is 0. The van der Waals surface area contributed by atoms with Crippen molar-refractivity contribution in [2.24, 2.45) is 5.92 Å². The van der Waals surface area contributed by atoms with Crippen molar-refractivity contribution in [2.45, 2.75) is 31.7 Å². The van der Waals surface area contributed by atoms with Gasteiger partial charge in [-0.25, -0.2) is 0 Å². The zero-order valence-electron chi connectivity index (χ0n) is 12.4. The normalized spacial score (nSPS) is 23.6. The van der Waals surface area contributed by atoms with Crippen LogP contribution in [0.25, 0.3) is 0 Å². The fourth-order valence-corrected chi connectivity index (χ4v) is 2.93. The van der Waals surface area contributed by atoms with E-state index in [0.29, 0.717) is 5.92 Å². The Morgan fingerprint density at radius 3 is 2.38 bits per heavy atom. The molecule has 2 nitrogen and oxygen atoms in total. The summed E-state index contributed by atoms with van der Waals surface area (Å²) in [6.45, 7) is 2.16. The Balaban J connectivity index is 1.52. The predicted molar refractivity (Wildman–Crippen MR) is 85.2 cm³/mol. The molecule has 3 rings (SSSR count). The highest BCUT2D eigenvalue weighted by atomic mass is 16.1. The summed E-state index contributed by atoms with van der Waals surface area (Å²) >= 11 is 0. The van der Waals surface area contributed by atoms with Crippen LogP contribution in [0.4, 0.5) is 0 Å². The van der Waals surface area contributed by atoms with E-state index in [9.17, 15) is 4.79 Å². The average molecular weight is 279 g/mol. The summed E-state index contributed by atoms with van der Waals surface area (Å²) in [5, 5.41) is 3.19. The molecule has 2 aromatic rings. The third kappa shape index (κ3) is 3.33. The largest absolute Gasteiger partial charge is 0.347 e. The van der Waals surface area contributed by atoms with Crippen molar-refractivity contribution in [3.8, 4) is 0 Å².